The minimum Gasteiger partial charge on any atom is -0.444 e. The van der Waals surface area contributed by atoms with Gasteiger partial charge >= 0.3 is 12.2 Å². The Kier molecular flexibility index (Phi) is 7.94. The molecule has 0 aliphatic heterocycles. The third-order valence-electron chi connectivity index (χ3n) is 4.46. The molecule has 6 heteroatoms. The number of hydrogen-bond donors (Lipinski definition) is 0. The van der Waals surface area contributed by atoms with E-state index >= 15 is 0 Å². The van der Waals surface area contributed by atoms with Crippen LogP contribution in [0.1, 0.15) is 23.6 Å². The van der Waals surface area contributed by atoms with E-state index in [0.29, 0.717) is 0 Å². The van der Waals surface area contributed by atoms with Crippen molar-refractivity contribution in [1.29, 1.82) is 0 Å². The number of aliphatic imine (C=N–C) groups is 1. The van der Waals surface area contributed by atoms with Gasteiger partial charge in [-0.05, 0) is 23.6 Å². The van der Waals surface area contributed by atoms with Gasteiger partial charge in [0.15, 0.2) is 0 Å². The monoisotopic (exact) mass is 416 g/mol. The number of ether oxygens (including phenoxy) is 2. The third-order valence-corrected chi connectivity index (χ3v) is 4.46. The van der Waals surface area contributed by atoms with Gasteiger partial charge in [-0.3, -0.25) is 4.90 Å². The van der Waals surface area contributed by atoms with Crippen LogP contribution >= 0.6 is 0 Å². The molecule has 0 aliphatic carbocycles. The van der Waals surface area contributed by atoms with E-state index in [1.54, 1.807) is 6.92 Å². The maximum Gasteiger partial charge on any atom is 0.435 e. The van der Waals surface area contributed by atoms with Crippen LogP contribution in [0.3, 0.4) is 0 Å². The number of nitrogens with zero attached hydrogens (tertiary/aromatic N) is 2. The second-order valence-electron chi connectivity index (χ2n) is 6.81. The Morgan fingerprint density at radius 3 is 1.68 bits per heavy atom. The largest absolute Gasteiger partial charge is 0.444 e. The first-order chi connectivity index (χ1) is 15.1. The Balaban J connectivity index is 1.68. The third kappa shape index (κ3) is 7.12. The Bertz CT molecular complexity index is 1010. The highest BCUT2D eigenvalue weighted by molar-refractivity contribution is 5.98. The number of amides is 2. The quantitative estimate of drug-likeness (QED) is 0.389. The highest BCUT2D eigenvalue weighted by Gasteiger charge is 2.20. The van der Waals surface area contributed by atoms with E-state index in [0.717, 1.165) is 16.7 Å². The van der Waals surface area contributed by atoms with Crippen molar-refractivity contribution in [2.45, 2.75) is 26.7 Å². The zero-order valence-corrected chi connectivity index (χ0v) is 17.3. The highest BCUT2D eigenvalue weighted by Crippen LogP contribution is 2.10. The number of rotatable bonds is 6. The molecule has 0 heterocycles. The average molecular weight is 416 g/mol. The SMILES string of the molecule is C/C(=N\C(=O)OCc1ccccc1)N(Cc1ccccc1)C(=O)OCc1ccccc1. The molecule has 0 atom stereocenters. The zero-order chi connectivity index (χ0) is 21.9. The van der Waals surface area contributed by atoms with Crippen LogP contribution in [0.4, 0.5) is 9.59 Å². The van der Waals surface area contributed by atoms with E-state index in [1.165, 1.54) is 4.90 Å². The molecule has 0 aromatic heterocycles. The van der Waals surface area contributed by atoms with Gasteiger partial charge in [0.25, 0.3) is 0 Å². The number of amidine groups is 1. The van der Waals surface area contributed by atoms with Gasteiger partial charge in [0.2, 0.25) is 0 Å². The van der Waals surface area contributed by atoms with Gasteiger partial charge in [-0.15, -0.1) is 0 Å². The molecule has 0 unspecified atom stereocenters. The molecular formula is C25H24N2O4. The van der Waals surface area contributed by atoms with Crippen molar-refractivity contribution in [2.75, 3.05) is 0 Å². The first kappa shape index (κ1) is 21.8. The second kappa shape index (κ2) is 11.3. The smallest absolute Gasteiger partial charge is 0.435 e. The molecule has 3 aromatic carbocycles. The minimum absolute atomic E-state index is 0.105. The summed E-state index contributed by atoms with van der Waals surface area (Å²) in [5, 5.41) is 0. The van der Waals surface area contributed by atoms with Gasteiger partial charge in [-0.1, -0.05) is 91.0 Å². The van der Waals surface area contributed by atoms with Gasteiger partial charge in [-0.2, -0.15) is 4.99 Å². The maximum absolute atomic E-state index is 12.8. The normalized spacial score (nSPS) is 10.9. The summed E-state index contributed by atoms with van der Waals surface area (Å²) in [5.74, 6) is 0.194. The topological polar surface area (TPSA) is 68.2 Å². The van der Waals surface area contributed by atoms with Gasteiger partial charge in [0.05, 0.1) is 6.54 Å². The van der Waals surface area contributed by atoms with Crippen LogP contribution in [0.15, 0.2) is 96.0 Å². The number of hydrogen-bond acceptors (Lipinski definition) is 4. The van der Waals surface area contributed by atoms with Crippen LogP contribution in [0.5, 0.6) is 0 Å². The second-order valence-corrected chi connectivity index (χ2v) is 6.81. The van der Waals surface area contributed by atoms with Crippen LogP contribution in [0, 0.1) is 0 Å². The molecule has 0 fully saturated rings. The lowest BCUT2D eigenvalue weighted by molar-refractivity contribution is 0.114. The highest BCUT2D eigenvalue weighted by atomic mass is 16.6. The minimum atomic E-state index is -0.768. The Hall–Kier alpha value is -3.93. The fourth-order valence-electron chi connectivity index (χ4n) is 2.82. The van der Waals surface area contributed by atoms with Gasteiger partial charge < -0.3 is 9.47 Å². The van der Waals surface area contributed by atoms with Crippen molar-refractivity contribution in [3.8, 4) is 0 Å². The van der Waals surface area contributed by atoms with Crippen molar-refractivity contribution in [2.24, 2.45) is 4.99 Å². The molecule has 0 radical (unpaired) electrons. The van der Waals surface area contributed by atoms with Crippen molar-refractivity contribution < 1.29 is 19.1 Å². The first-order valence-electron chi connectivity index (χ1n) is 9.90. The molecule has 0 saturated heterocycles. The molecule has 6 nitrogen and oxygen atoms in total. The van der Waals surface area contributed by atoms with E-state index in [9.17, 15) is 9.59 Å². The summed E-state index contributed by atoms with van der Waals surface area (Å²) in [6.07, 6.45) is -1.36. The Labute approximate surface area is 181 Å². The molecule has 31 heavy (non-hydrogen) atoms. The van der Waals surface area contributed by atoms with Crippen LogP contribution in [0.25, 0.3) is 0 Å². The molecule has 0 aliphatic rings. The van der Waals surface area contributed by atoms with Crippen molar-refractivity contribution in [3.05, 3.63) is 108 Å². The standard InChI is InChI=1S/C25H24N2O4/c1-20(26-24(28)30-18-22-13-7-3-8-14-22)27(17-21-11-5-2-6-12-21)25(29)31-19-23-15-9-4-10-16-23/h2-16H,17-19H2,1H3/b26-20+. The van der Waals surface area contributed by atoms with E-state index < -0.39 is 12.2 Å². The summed E-state index contributed by atoms with van der Waals surface area (Å²) in [7, 11) is 0. The molecule has 3 rings (SSSR count). The van der Waals surface area contributed by atoms with E-state index in [1.807, 2.05) is 91.0 Å². The molecule has 0 saturated carbocycles. The van der Waals surface area contributed by atoms with Crippen LogP contribution in [-0.4, -0.2) is 22.9 Å². The van der Waals surface area contributed by atoms with Crippen molar-refractivity contribution >= 4 is 18.0 Å². The summed E-state index contributed by atoms with van der Waals surface area (Å²) < 4.78 is 10.7. The van der Waals surface area contributed by atoms with Gasteiger partial charge in [-0.25, -0.2) is 9.59 Å². The van der Waals surface area contributed by atoms with E-state index in [-0.39, 0.29) is 25.6 Å². The van der Waals surface area contributed by atoms with Gasteiger partial charge in [0, 0.05) is 0 Å². The maximum atomic E-state index is 12.8. The summed E-state index contributed by atoms with van der Waals surface area (Å²) >= 11 is 0. The van der Waals surface area contributed by atoms with Crippen molar-refractivity contribution in [3.63, 3.8) is 0 Å². The summed E-state index contributed by atoms with van der Waals surface area (Å²) in [5.41, 5.74) is 2.60. The van der Waals surface area contributed by atoms with E-state index in [4.69, 9.17) is 9.47 Å². The molecule has 2 amide bonds. The molecule has 0 N–H and O–H groups in total. The summed E-state index contributed by atoms with van der Waals surface area (Å²) in [6.45, 7) is 2.02. The lowest BCUT2D eigenvalue weighted by Gasteiger charge is -2.21. The van der Waals surface area contributed by atoms with Crippen LogP contribution in [-0.2, 0) is 29.2 Å². The Morgan fingerprint density at radius 1 is 0.710 bits per heavy atom. The molecule has 3 aromatic rings. The van der Waals surface area contributed by atoms with E-state index in [2.05, 4.69) is 4.99 Å². The number of carbonyl (C=O) groups excluding carboxylic acids is 2. The Morgan fingerprint density at radius 2 is 1.16 bits per heavy atom. The number of benzene rings is 3. The predicted molar refractivity (Wildman–Crippen MR) is 118 cm³/mol. The van der Waals surface area contributed by atoms with Crippen LogP contribution < -0.4 is 0 Å². The molecule has 158 valence electrons. The fraction of sp³-hybridized carbons (Fsp3) is 0.160. The van der Waals surface area contributed by atoms with Crippen molar-refractivity contribution in [1.82, 2.24) is 4.90 Å². The molecule has 0 spiro atoms. The van der Waals surface area contributed by atoms with Crippen LogP contribution in [0.2, 0.25) is 0 Å². The lowest BCUT2D eigenvalue weighted by atomic mass is 10.2. The summed E-state index contributed by atoms with van der Waals surface area (Å²) in [4.78, 5) is 30.3. The average Bonchev–Trinajstić information content (AvgIpc) is 2.81. The predicted octanol–water partition coefficient (Wildman–Crippen LogP) is 5.58. The zero-order valence-electron chi connectivity index (χ0n) is 17.3. The lowest BCUT2D eigenvalue weighted by Crippen LogP contribution is -2.35. The fourth-order valence-corrected chi connectivity index (χ4v) is 2.82. The molecule has 0 bridgehead atoms. The molecular weight excluding hydrogens is 392 g/mol. The van der Waals surface area contributed by atoms with Gasteiger partial charge in [0.1, 0.15) is 19.0 Å². The first-order valence-corrected chi connectivity index (χ1v) is 9.90. The number of carbonyl (C=O) groups is 2. The summed E-state index contributed by atoms with van der Waals surface area (Å²) in [6, 6.07) is 28.1.